The first-order valence-electron chi connectivity index (χ1n) is 10.2. The summed E-state index contributed by atoms with van der Waals surface area (Å²) >= 11 is 0. The number of nitrogens with zero attached hydrogens (tertiary/aromatic N) is 5. The maximum atomic E-state index is 12.5. The lowest BCUT2D eigenvalue weighted by atomic mass is 9.95. The van der Waals surface area contributed by atoms with E-state index in [-0.39, 0.29) is 30.2 Å². The molecule has 1 aromatic heterocycles. The molecular weight excluding hydrogens is 376 g/mol. The van der Waals surface area contributed by atoms with Crippen molar-refractivity contribution in [1.29, 1.82) is 0 Å². The van der Waals surface area contributed by atoms with Crippen LogP contribution >= 0.6 is 0 Å². The lowest BCUT2D eigenvalue weighted by molar-refractivity contribution is -0.136. The molecule has 0 bridgehead atoms. The van der Waals surface area contributed by atoms with Gasteiger partial charge in [0.05, 0.1) is 6.54 Å². The quantitative estimate of drug-likeness (QED) is 0.695. The zero-order valence-corrected chi connectivity index (χ0v) is 17.2. The normalized spacial score (nSPS) is 18.7. The number of amides is 3. The van der Waals surface area contributed by atoms with E-state index in [0.717, 1.165) is 26.2 Å². The van der Waals surface area contributed by atoms with Crippen molar-refractivity contribution in [3.8, 4) is 0 Å². The van der Waals surface area contributed by atoms with E-state index in [1.807, 2.05) is 9.80 Å². The van der Waals surface area contributed by atoms with Crippen molar-refractivity contribution in [3.05, 3.63) is 11.7 Å². The van der Waals surface area contributed by atoms with Crippen molar-refractivity contribution in [2.45, 2.75) is 39.7 Å². The second-order valence-corrected chi connectivity index (χ2v) is 7.71. The van der Waals surface area contributed by atoms with E-state index in [4.69, 9.17) is 4.52 Å². The molecule has 0 aromatic carbocycles. The molecule has 2 fully saturated rings. The summed E-state index contributed by atoms with van der Waals surface area (Å²) in [4.78, 5) is 46.2. The number of aromatic nitrogens is 2. The molecule has 10 nitrogen and oxygen atoms in total. The molecule has 3 amide bonds. The molecule has 1 N–H and O–H groups in total. The Kier molecular flexibility index (Phi) is 7.18. The van der Waals surface area contributed by atoms with Crippen molar-refractivity contribution in [1.82, 2.24) is 30.2 Å². The van der Waals surface area contributed by atoms with Gasteiger partial charge >= 0.3 is 0 Å². The van der Waals surface area contributed by atoms with Crippen molar-refractivity contribution in [2.24, 2.45) is 5.92 Å². The van der Waals surface area contributed by atoms with E-state index in [0.29, 0.717) is 50.6 Å². The van der Waals surface area contributed by atoms with Gasteiger partial charge in [-0.3, -0.25) is 19.3 Å². The maximum absolute atomic E-state index is 12.5. The Bertz CT molecular complexity index is 720. The van der Waals surface area contributed by atoms with Gasteiger partial charge in [-0.2, -0.15) is 4.98 Å². The van der Waals surface area contributed by atoms with Crippen LogP contribution < -0.4 is 5.32 Å². The maximum Gasteiger partial charge on any atom is 0.246 e. The first-order chi connectivity index (χ1) is 13.9. The lowest BCUT2D eigenvalue weighted by Gasteiger charge is -2.35. The minimum atomic E-state index is -0.0947. The Balaban J connectivity index is 1.33. The highest BCUT2D eigenvalue weighted by Gasteiger charge is 2.28. The van der Waals surface area contributed by atoms with E-state index >= 15 is 0 Å². The van der Waals surface area contributed by atoms with Crippen molar-refractivity contribution >= 4 is 17.7 Å². The van der Waals surface area contributed by atoms with Crippen LogP contribution in [0.25, 0.3) is 0 Å². The molecule has 0 spiro atoms. The summed E-state index contributed by atoms with van der Waals surface area (Å²) in [7, 11) is 0. The van der Waals surface area contributed by atoms with Crippen LogP contribution in [-0.4, -0.2) is 88.4 Å². The number of piperazine rings is 1. The molecule has 3 rings (SSSR count). The summed E-state index contributed by atoms with van der Waals surface area (Å²) in [5, 5.41) is 6.53. The highest BCUT2D eigenvalue weighted by atomic mass is 16.5. The third-order valence-corrected chi connectivity index (χ3v) is 5.66. The predicted octanol–water partition coefficient (Wildman–Crippen LogP) is -0.213. The summed E-state index contributed by atoms with van der Waals surface area (Å²) in [6.45, 7) is 8.57. The molecule has 0 atom stereocenters. The molecule has 2 aliphatic heterocycles. The molecular formula is C19H30N6O4. The molecule has 160 valence electrons. The number of carbonyl (C=O) groups excluding carboxylic acids is 3. The van der Waals surface area contributed by atoms with Crippen molar-refractivity contribution < 1.29 is 18.9 Å². The van der Waals surface area contributed by atoms with Crippen LogP contribution in [0.1, 0.15) is 37.9 Å². The summed E-state index contributed by atoms with van der Waals surface area (Å²) in [6, 6.07) is 0. The average Bonchev–Trinajstić information content (AvgIpc) is 3.15. The summed E-state index contributed by atoms with van der Waals surface area (Å²) in [6.07, 6.45) is 1.81. The average molecular weight is 406 g/mol. The minimum Gasteiger partial charge on any atom is -0.347 e. The third kappa shape index (κ3) is 5.99. The van der Waals surface area contributed by atoms with Gasteiger partial charge in [-0.05, 0) is 19.8 Å². The van der Waals surface area contributed by atoms with Gasteiger partial charge in [0.1, 0.15) is 0 Å². The fourth-order valence-electron chi connectivity index (χ4n) is 3.81. The van der Waals surface area contributed by atoms with Crippen LogP contribution in [0.2, 0.25) is 0 Å². The summed E-state index contributed by atoms with van der Waals surface area (Å²) in [5.41, 5.74) is 0. The number of hydrogen-bond acceptors (Lipinski definition) is 7. The van der Waals surface area contributed by atoms with Crippen LogP contribution in [-0.2, 0) is 20.9 Å². The number of likely N-dealkylation sites (tertiary alicyclic amines) is 1. The van der Waals surface area contributed by atoms with E-state index < -0.39 is 0 Å². The molecule has 3 heterocycles. The van der Waals surface area contributed by atoms with Crippen molar-refractivity contribution in [3.63, 3.8) is 0 Å². The van der Waals surface area contributed by atoms with E-state index in [9.17, 15) is 14.4 Å². The van der Waals surface area contributed by atoms with Gasteiger partial charge in [0.25, 0.3) is 0 Å². The van der Waals surface area contributed by atoms with E-state index in [1.165, 1.54) is 0 Å². The number of aryl methyl sites for hydroxylation is 1. The van der Waals surface area contributed by atoms with Gasteiger partial charge < -0.3 is 19.6 Å². The van der Waals surface area contributed by atoms with Gasteiger partial charge in [-0.15, -0.1) is 0 Å². The zero-order valence-electron chi connectivity index (χ0n) is 17.2. The van der Waals surface area contributed by atoms with Crippen LogP contribution in [0.5, 0.6) is 0 Å². The number of piperidine rings is 1. The SMILES string of the molecule is CC(=O)N1CCN(CCC(=O)N2CCC(C(=O)NCc3nc(C)no3)CC2)CC1. The van der Waals surface area contributed by atoms with E-state index in [1.54, 1.807) is 13.8 Å². The number of nitrogens with one attached hydrogen (secondary N) is 1. The summed E-state index contributed by atoms with van der Waals surface area (Å²) in [5.74, 6) is 1.06. The number of rotatable bonds is 6. The molecule has 0 radical (unpaired) electrons. The molecule has 10 heteroatoms. The highest BCUT2D eigenvalue weighted by Crippen LogP contribution is 2.18. The molecule has 2 aliphatic rings. The second-order valence-electron chi connectivity index (χ2n) is 7.71. The predicted molar refractivity (Wildman–Crippen MR) is 103 cm³/mol. The summed E-state index contributed by atoms with van der Waals surface area (Å²) < 4.78 is 4.99. The minimum absolute atomic E-state index is 0.0312. The Morgan fingerprint density at radius 1 is 1.07 bits per heavy atom. The zero-order chi connectivity index (χ0) is 20.8. The fraction of sp³-hybridized carbons (Fsp3) is 0.737. The van der Waals surface area contributed by atoms with E-state index in [2.05, 4.69) is 20.4 Å². The van der Waals surface area contributed by atoms with Crippen LogP contribution in [0, 0.1) is 12.8 Å². The Morgan fingerprint density at radius 2 is 1.76 bits per heavy atom. The van der Waals surface area contributed by atoms with Gasteiger partial charge in [0, 0.05) is 65.1 Å². The van der Waals surface area contributed by atoms with Gasteiger partial charge in [-0.1, -0.05) is 5.16 Å². The van der Waals surface area contributed by atoms with Crippen LogP contribution in [0.3, 0.4) is 0 Å². The van der Waals surface area contributed by atoms with Gasteiger partial charge in [-0.25, -0.2) is 0 Å². The van der Waals surface area contributed by atoms with Gasteiger partial charge in [0.2, 0.25) is 23.6 Å². The van der Waals surface area contributed by atoms with Crippen molar-refractivity contribution in [2.75, 3.05) is 45.8 Å². The topological polar surface area (TPSA) is 112 Å². The fourth-order valence-corrected chi connectivity index (χ4v) is 3.81. The van der Waals surface area contributed by atoms with Crippen LogP contribution in [0.4, 0.5) is 0 Å². The molecule has 0 unspecified atom stereocenters. The first kappa shape index (κ1) is 21.2. The smallest absolute Gasteiger partial charge is 0.246 e. The largest absolute Gasteiger partial charge is 0.347 e. The first-order valence-corrected chi connectivity index (χ1v) is 10.2. The Labute approximate surface area is 170 Å². The Hall–Kier alpha value is -2.49. The third-order valence-electron chi connectivity index (χ3n) is 5.66. The Morgan fingerprint density at radius 3 is 2.34 bits per heavy atom. The number of carbonyl (C=O) groups is 3. The lowest BCUT2D eigenvalue weighted by Crippen LogP contribution is -2.49. The van der Waals surface area contributed by atoms with Gasteiger partial charge in [0.15, 0.2) is 5.82 Å². The number of hydrogen-bond donors (Lipinski definition) is 1. The second kappa shape index (κ2) is 9.82. The molecule has 29 heavy (non-hydrogen) atoms. The monoisotopic (exact) mass is 406 g/mol. The molecule has 0 saturated carbocycles. The molecule has 0 aliphatic carbocycles. The molecule has 2 saturated heterocycles. The molecule has 1 aromatic rings. The highest BCUT2D eigenvalue weighted by molar-refractivity contribution is 5.80. The standard InChI is InChI=1S/C19H30N6O4/c1-14-21-17(29-22-14)13-20-19(28)16-3-7-25(8-4-16)18(27)5-6-23-9-11-24(12-10-23)15(2)26/h16H,3-13H2,1-2H3,(H,20,28). The van der Waals surface area contributed by atoms with Crippen LogP contribution in [0.15, 0.2) is 4.52 Å².